The second-order valence-corrected chi connectivity index (χ2v) is 5.20. The molecule has 1 saturated carbocycles. The van der Waals surface area contributed by atoms with Gasteiger partial charge in [0, 0.05) is 25.0 Å². The van der Waals surface area contributed by atoms with Gasteiger partial charge in [0.1, 0.15) is 6.54 Å². The molecule has 0 unspecified atom stereocenters. The number of aliphatic carboxylic acids is 1. The predicted molar refractivity (Wildman–Crippen MR) is 66.3 cm³/mol. The molecule has 7 nitrogen and oxygen atoms in total. The number of urea groups is 1. The Morgan fingerprint density at radius 1 is 1.16 bits per heavy atom. The number of hydrogen-bond acceptors (Lipinski definition) is 3. The second kappa shape index (κ2) is 5.46. The van der Waals surface area contributed by atoms with E-state index in [0.29, 0.717) is 25.9 Å². The topological polar surface area (TPSA) is 104 Å². The first-order valence-corrected chi connectivity index (χ1v) is 6.55. The summed E-state index contributed by atoms with van der Waals surface area (Å²) >= 11 is 0. The molecule has 106 valence electrons. The third-order valence-corrected chi connectivity index (χ3v) is 3.71. The lowest BCUT2D eigenvalue weighted by atomic mass is 9.96. The zero-order chi connectivity index (χ0) is 14.0. The highest BCUT2D eigenvalue weighted by atomic mass is 16.4. The van der Waals surface area contributed by atoms with Gasteiger partial charge in [0.15, 0.2) is 0 Å². The number of carbonyl (C=O) groups is 3. The smallest absolute Gasteiger partial charge is 0.323 e. The third kappa shape index (κ3) is 3.36. The van der Waals surface area contributed by atoms with E-state index in [1.165, 1.54) is 4.90 Å². The molecule has 0 atom stereocenters. The minimum Gasteiger partial charge on any atom is -0.480 e. The molecular formula is C12H19N3O4. The third-order valence-electron chi connectivity index (χ3n) is 3.71. The number of rotatable bonds is 4. The van der Waals surface area contributed by atoms with Gasteiger partial charge < -0.3 is 20.6 Å². The molecule has 1 aliphatic heterocycles. The van der Waals surface area contributed by atoms with Crippen LogP contribution in [0.1, 0.15) is 25.7 Å². The zero-order valence-electron chi connectivity index (χ0n) is 10.7. The number of piperidine rings is 1. The van der Waals surface area contributed by atoms with Gasteiger partial charge in [0.2, 0.25) is 5.91 Å². The summed E-state index contributed by atoms with van der Waals surface area (Å²) in [6.45, 7) is 0.684. The van der Waals surface area contributed by atoms with Crippen molar-refractivity contribution in [3.63, 3.8) is 0 Å². The second-order valence-electron chi connectivity index (χ2n) is 5.20. The van der Waals surface area contributed by atoms with Crippen LogP contribution in [0, 0.1) is 5.92 Å². The molecule has 3 N–H and O–H groups in total. The summed E-state index contributed by atoms with van der Waals surface area (Å²) in [5.74, 6) is -1.48. The number of amides is 3. The molecule has 0 bridgehead atoms. The summed E-state index contributed by atoms with van der Waals surface area (Å²) < 4.78 is 0. The summed E-state index contributed by atoms with van der Waals surface area (Å²) in [6, 6.07) is -0.162. The van der Waals surface area contributed by atoms with Crippen molar-refractivity contribution >= 4 is 17.9 Å². The Bertz CT molecular complexity index is 386. The lowest BCUT2D eigenvalue weighted by Crippen LogP contribution is -2.50. The van der Waals surface area contributed by atoms with E-state index in [0.717, 1.165) is 12.8 Å². The SMILES string of the molecule is NC(=O)C1CCN(C(=O)N(CC(=O)O)C2CC2)CC1. The maximum atomic E-state index is 12.3. The Morgan fingerprint density at radius 2 is 1.74 bits per heavy atom. The molecule has 7 heteroatoms. The van der Waals surface area contributed by atoms with Gasteiger partial charge in [-0.2, -0.15) is 0 Å². The number of nitrogens with zero attached hydrogens (tertiary/aromatic N) is 2. The van der Waals surface area contributed by atoms with Gasteiger partial charge in [-0.15, -0.1) is 0 Å². The molecule has 1 heterocycles. The molecule has 19 heavy (non-hydrogen) atoms. The summed E-state index contributed by atoms with van der Waals surface area (Å²) in [4.78, 5) is 37.2. The monoisotopic (exact) mass is 269 g/mol. The largest absolute Gasteiger partial charge is 0.480 e. The van der Waals surface area contributed by atoms with E-state index in [2.05, 4.69) is 0 Å². The molecule has 0 spiro atoms. The van der Waals surface area contributed by atoms with E-state index < -0.39 is 5.97 Å². The van der Waals surface area contributed by atoms with Crippen LogP contribution in [0.15, 0.2) is 0 Å². The Balaban J connectivity index is 1.91. The number of carboxylic acids is 1. The van der Waals surface area contributed by atoms with Crippen molar-refractivity contribution < 1.29 is 19.5 Å². The fourth-order valence-corrected chi connectivity index (χ4v) is 2.42. The highest BCUT2D eigenvalue weighted by Gasteiger charge is 2.37. The van der Waals surface area contributed by atoms with Crippen LogP contribution in [0.4, 0.5) is 4.79 Å². The Labute approximate surface area is 111 Å². The highest BCUT2D eigenvalue weighted by molar-refractivity contribution is 5.81. The molecule has 0 aromatic rings. The van der Waals surface area contributed by atoms with Crippen LogP contribution in [0.2, 0.25) is 0 Å². The minimum absolute atomic E-state index is 0.0671. The molecular weight excluding hydrogens is 250 g/mol. The summed E-state index contributed by atoms with van der Waals surface area (Å²) in [5, 5.41) is 8.85. The van der Waals surface area contributed by atoms with E-state index in [1.54, 1.807) is 4.90 Å². The summed E-state index contributed by atoms with van der Waals surface area (Å²) in [6.07, 6.45) is 2.87. The van der Waals surface area contributed by atoms with Gasteiger partial charge in [-0.1, -0.05) is 0 Å². The highest BCUT2D eigenvalue weighted by Crippen LogP contribution is 2.28. The number of hydrogen-bond donors (Lipinski definition) is 2. The maximum absolute atomic E-state index is 12.3. The van der Waals surface area contributed by atoms with Crippen molar-refractivity contribution in [1.29, 1.82) is 0 Å². The van der Waals surface area contributed by atoms with Crippen molar-refractivity contribution in [1.82, 2.24) is 9.80 Å². The van der Waals surface area contributed by atoms with E-state index in [1.807, 2.05) is 0 Å². The average molecular weight is 269 g/mol. The molecule has 3 amide bonds. The predicted octanol–water partition coefficient (Wildman–Crippen LogP) is -0.147. The van der Waals surface area contributed by atoms with Crippen LogP contribution in [-0.4, -0.2) is 58.5 Å². The van der Waals surface area contributed by atoms with Crippen molar-refractivity contribution in [2.24, 2.45) is 11.7 Å². The first kappa shape index (κ1) is 13.6. The van der Waals surface area contributed by atoms with E-state index in [-0.39, 0.29) is 30.4 Å². The van der Waals surface area contributed by atoms with Gasteiger partial charge >= 0.3 is 12.0 Å². The van der Waals surface area contributed by atoms with Crippen LogP contribution in [0.5, 0.6) is 0 Å². The van der Waals surface area contributed by atoms with Gasteiger partial charge in [-0.05, 0) is 25.7 Å². The number of carbonyl (C=O) groups excluding carboxylic acids is 2. The fourth-order valence-electron chi connectivity index (χ4n) is 2.42. The van der Waals surface area contributed by atoms with Crippen LogP contribution in [0.25, 0.3) is 0 Å². The molecule has 0 radical (unpaired) electrons. The van der Waals surface area contributed by atoms with Crippen molar-refractivity contribution in [2.75, 3.05) is 19.6 Å². The molecule has 2 fully saturated rings. The van der Waals surface area contributed by atoms with E-state index in [9.17, 15) is 14.4 Å². The van der Waals surface area contributed by atoms with Crippen molar-refractivity contribution in [3.05, 3.63) is 0 Å². The Morgan fingerprint density at radius 3 is 2.16 bits per heavy atom. The maximum Gasteiger partial charge on any atom is 0.323 e. The first-order valence-electron chi connectivity index (χ1n) is 6.55. The van der Waals surface area contributed by atoms with Crippen LogP contribution >= 0.6 is 0 Å². The standard InChI is InChI=1S/C12H19N3O4/c13-11(18)8-3-5-14(6-4-8)12(19)15(7-10(16)17)9-1-2-9/h8-9H,1-7H2,(H2,13,18)(H,16,17). The number of nitrogens with two attached hydrogens (primary N) is 1. The number of carboxylic acid groups (broad SMARTS) is 1. The Hall–Kier alpha value is -1.79. The van der Waals surface area contributed by atoms with Crippen LogP contribution in [0.3, 0.4) is 0 Å². The molecule has 1 aliphatic carbocycles. The number of likely N-dealkylation sites (tertiary alicyclic amines) is 1. The molecule has 2 rings (SSSR count). The quantitative estimate of drug-likeness (QED) is 0.740. The normalized spacial score (nSPS) is 20.1. The molecule has 1 saturated heterocycles. The lowest BCUT2D eigenvalue weighted by molar-refractivity contribution is -0.137. The molecule has 0 aromatic heterocycles. The van der Waals surface area contributed by atoms with Gasteiger partial charge in [0.25, 0.3) is 0 Å². The van der Waals surface area contributed by atoms with Crippen LogP contribution < -0.4 is 5.73 Å². The van der Waals surface area contributed by atoms with Crippen LogP contribution in [-0.2, 0) is 9.59 Å². The first-order chi connectivity index (χ1) is 8.99. The van der Waals surface area contributed by atoms with E-state index in [4.69, 9.17) is 10.8 Å². The summed E-state index contributed by atoms with van der Waals surface area (Å²) in [7, 11) is 0. The Kier molecular flexibility index (Phi) is 3.92. The van der Waals surface area contributed by atoms with E-state index >= 15 is 0 Å². The molecule has 2 aliphatic rings. The minimum atomic E-state index is -0.993. The van der Waals surface area contributed by atoms with Crippen molar-refractivity contribution in [2.45, 2.75) is 31.7 Å². The average Bonchev–Trinajstić information content (AvgIpc) is 3.19. The lowest BCUT2D eigenvalue weighted by Gasteiger charge is -2.34. The van der Waals surface area contributed by atoms with Crippen molar-refractivity contribution in [3.8, 4) is 0 Å². The van der Waals surface area contributed by atoms with Gasteiger partial charge in [-0.3, -0.25) is 9.59 Å². The summed E-state index contributed by atoms with van der Waals surface area (Å²) in [5.41, 5.74) is 5.24. The molecule has 0 aromatic carbocycles. The fraction of sp³-hybridized carbons (Fsp3) is 0.750. The van der Waals surface area contributed by atoms with Gasteiger partial charge in [0.05, 0.1) is 0 Å². The van der Waals surface area contributed by atoms with Gasteiger partial charge in [-0.25, -0.2) is 4.79 Å². The zero-order valence-corrected chi connectivity index (χ0v) is 10.7. The number of primary amides is 1.